The van der Waals surface area contributed by atoms with Crippen molar-refractivity contribution in [3.63, 3.8) is 0 Å². The van der Waals surface area contributed by atoms with Gasteiger partial charge in [0.1, 0.15) is 5.75 Å². The molecule has 2 rings (SSSR count). The maximum absolute atomic E-state index is 6.08. The molecule has 4 heteroatoms. The van der Waals surface area contributed by atoms with Crippen molar-refractivity contribution < 1.29 is 4.74 Å². The molecule has 1 aromatic rings. The van der Waals surface area contributed by atoms with E-state index in [1.807, 2.05) is 18.2 Å². The van der Waals surface area contributed by atoms with Crippen LogP contribution in [0.4, 0.5) is 11.4 Å². The molecule has 2 N–H and O–H groups in total. The van der Waals surface area contributed by atoms with E-state index in [-0.39, 0.29) is 0 Å². The zero-order valence-corrected chi connectivity index (χ0v) is 12.2. The zero-order valence-electron chi connectivity index (χ0n) is 12.2. The SMILES string of the molecule is CCC(C)N1CCN(c2cc(OC)ccc2N)CC1. The third-order valence-corrected chi connectivity index (χ3v) is 4.11. The summed E-state index contributed by atoms with van der Waals surface area (Å²) in [4.78, 5) is 4.91. The first-order valence-corrected chi connectivity index (χ1v) is 7.08. The van der Waals surface area contributed by atoms with Crippen LogP contribution in [-0.2, 0) is 0 Å². The molecule has 0 radical (unpaired) electrons. The van der Waals surface area contributed by atoms with Crippen molar-refractivity contribution in [3.05, 3.63) is 18.2 Å². The number of anilines is 2. The molecule has 1 heterocycles. The molecule has 0 saturated carbocycles. The molecule has 1 atom stereocenters. The van der Waals surface area contributed by atoms with E-state index in [9.17, 15) is 0 Å². The summed E-state index contributed by atoms with van der Waals surface area (Å²) in [5.41, 5.74) is 8.02. The van der Waals surface area contributed by atoms with E-state index in [1.54, 1.807) is 7.11 Å². The van der Waals surface area contributed by atoms with Crippen molar-refractivity contribution >= 4 is 11.4 Å². The maximum atomic E-state index is 6.08. The monoisotopic (exact) mass is 263 g/mol. The summed E-state index contributed by atoms with van der Waals surface area (Å²) < 4.78 is 5.28. The van der Waals surface area contributed by atoms with Gasteiger partial charge in [-0.1, -0.05) is 6.92 Å². The fourth-order valence-electron chi connectivity index (χ4n) is 2.59. The van der Waals surface area contributed by atoms with E-state index in [4.69, 9.17) is 10.5 Å². The highest BCUT2D eigenvalue weighted by Crippen LogP contribution is 2.29. The Bertz CT molecular complexity index is 414. The fraction of sp³-hybridized carbons (Fsp3) is 0.600. The average Bonchev–Trinajstić information content (AvgIpc) is 2.47. The van der Waals surface area contributed by atoms with Gasteiger partial charge in [-0.05, 0) is 25.5 Å². The highest BCUT2D eigenvalue weighted by molar-refractivity contribution is 5.69. The van der Waals surface area contributed by atoms with E-state index in [2.05, 4.69) is 23.6 Å². The van der Waals surface area contributed by atoms with Gasteiger partial charge in [-0.2, -0.15) is 0 Å². The average molecular weight is 263 g/mol. The van der Waals surface area contributed by atoms with E-state index in [1.165, 1.54) is 6.42 Å². The third kappa shape index (κ3) is 3.13. The second kappa shape index (κ2) is 6.15. The van der Waals surface area contributed by atoms with E-state index in [0.717, 1.165) is 43.3 Å². The van der Waals surface area contributed by atoms with Crippen LogP contribution in [0, 0.1) is 0 Å². The number of nitrogen functional groups attached to an aromatic ring is 1. The zero-order chi connectivity index (χ0) is 13.8. The quantitative estimate of drug-likeness (QED) is 0.846. The maximum Gasteiger partial charge on any atom is 0.121 e. The summed E-state index contributed by atoms with van der Waals surface area (Å²) in [6, 6.07) is 6.54. The van der Waals surface area contributed by atoms with Crippen LogP contribution in [0.3, 0.4) is 0 Å². The minimum absolute atomic E-state index is 0.671. The van der Waals surface area contributed by atoms with Crippen LogP contribution in [0.2, 0.25) is 0 Å². The minimum atomic E-state index is 0.671. The van der Waals surface area contributed by atoms with Crippen molar-refractivity contribution in [2.24, 2.45) is 0 Å². The lowest BCUT2D eigenvalue weighted by molar-refractivity contribution is 0.193. The van der Waals surface area contributed by atoms with E-state index in [0.29, 0.717) is 6.04 Å². The molecule has 1 fully saturated rings. The van der Waals surface area contributed by atoms with Gasteiger partial charge in [0.15, 0.2) is 0 Å². The normalized spacial score (nSPS) is 18.4. The first kappa shape index (κ1) is 14.0. The molecule has 1 aliphatic heterocycles. The van der Waals surface area contributed by atoms with Crippen LogP contribution in [0.1, 0.15) is 20.3 Å². The van der Waals surface area contributed by atoms with Gasteiger partial charge < -0.3 is 15.4 Å². The molecule has 4 nitrogen and oxygen atoms in total. The van der Waals surface area contributed by atoms with Gasteiger partial charge >= 0.3 is 0 Å². The molecule has 1 aromatic carbocycles. The van der Waals surface area contributed by atoms with Crippen molar-refractivity contribution in [3.8, 4) is 5.75 Å². The molecule has 0 aliphatic carbocycles. The van der Waals surface area contributed by atoms with Crippen molar-refractivity contribution in [1.82, 2.24) is 4.90 Å². The fourth-order valence-corrected chi connectivity index (χ4v) is 2.59. The predicted molar refractivity (Wildman–Crippen MR) is 80.9 cm³/mol. The molecular weight excluding hydrogens is 238 g/mol. The van der Waals surface area contributed by atoms with Crippen molar-refractivity contribution in [2.45, 2.75) is 26.3 Å². The molecule has 1 aliphatic rings. The first-order chi connectivity index (χ1) is 9.15. The molecular formula is C15H25N3O. The van der Waals surface area contributed by atoms with Crippen LogP contribution in [0.25, 0.3) is 0 Å². The van der Waals surface area contributed by atoms with Gasteiger partial charge in [0.2, 0.25) is 0 Å². The van der Waals surface area contributed by atoms with Crippen LogP contribution >= 0.6 is 0 Å². The summed E-state index contributed by atoms with van der Waals surface area (Å²) in [6.07, 6.45) is 1.21. The van der Waals surface area contributed by atoms with Gasteiger partial charge in [0.05, 0.1) is 18.5 Å². The Labute approximate surface area is 116 Å². The third-order valence-electron chi connectivity index (χ3n) is 4.11. The summed E-state index contributed by atoms with van der Waals surface area (Å²) >= 11 is 0. The Hall–Kier alpha value is -1.42. The highest BCUT2D eigenvalue weighted by Gasteiger charge is 2.21. The van der Waals surface area contributed by atoms with Gasteiger partial charge in [-0.3, -0.25) is 4.90 Å². The number of nitrogens with two attached hydrogens (primary N) is 1. The van der Waals surface area contributed by atoms with Crippen LogP contribution in [-0.4, -0.2) is 44.2 Å². The Balaban J connectivity index is 2.05. The number of ether oxygens (including phenoxy) is 1. The number of rotatable bonds is 4. The molecule has 19 heavy (non-hydrogen) atoms. The second-order valence-electron chi connectivity index (χ2n) is 5.21. The van der Waals surface area contributed by atoms with Crippen molar-refractivity contribution in [1.29, 1.82) is 0 Å². The van der Waals surface area contributed by atoms with Gasteiger partial charge in [-0.25, -0.2) is 0 Å². The number of nitrogens with zero attached hydrogens (tertiary/aromatic N) is 2. The molecule has 0 spiro atoms. The molecule has 0 bridgehead atoms. The number of hydrogen-bond acceptors (Lipinski definition) is 4. The predicted octanol–water partition coefficient (Wildman–Crippen LogP) is 2.20. The van der Waals surface area contributed by atoms with Gasteiger partial charge in [0.25, 0.3) is 0 Å². The molecule has 1 unspecified atom stereocenters. The second-order valence-corrected chi connectivity index (χ2v) is 5.21. The lowest BCUT2D eigenvalue weighted by Gasteiger charge is -2.39. The lowest BCUT2D eigenvalue weighted by atomic mass is 10.1. The summed E-state index contributed by atoms with van der Waals surface area (Å²) in [6.45, 7) is 8.81. The summed E-state index contributed by atoms with van der Waals surface area (Å²) in [5, 5.41) is 0. The highest BCUT2D eigenvalue weighted by atomic mass is 16.5. The number of piperazine rings is 1. The number of benzene rings is 1. The standard InChI is InChI=1S/C15H25N3O/c1-4-12(2)17-7-9-18(10-8-17)15-11-13(19-3)5-6-14(15)16/h5-6,11-12H,4,7-10,16H2,1-3H3. The Morgan fingerprint density at radius 3 is 2.53 bits per heavy atom. The number of hydrogen-bond donors (Lipinski definition) is 1. The molecule has 0 aromatic heterocycles. The summed E-state index contributed by atoms with van der Waals surface area (Å²) in [5.74, 6) is 0.869. The van der Waals surface area contributed by atoms with Gasteiger partial charge in [0, 0.05) is 38.3 Å². The van der Waals surface area contributed by atoms with Crippen LogP contribution < -0.4 is 15.4 Å². The van der Waals surface area contributed by atoms with Crippen LogP contribution in [0.5, 0.6) is 5.75 Å². The lowest BCUT2D eigenvalue weighted by Crippen LogP contribution is -2.49. The largest absolute Gasteiger partial charge is 0.497 e. The van der Waals surface area contributed by atoms with E-state index >= 15 is 0 Å². The smallest absolute Gasteiger partial charge is 0.121 e. The first-order valence-electron chi connectivity index (χ1n) is 7.08. The topological polar surface area (TPSA) is 41.7 Å². The summed E-state index contributed by atoms with van der Waals surface area (Å²) in [7, 11) is 1.69. The Morgan fingerprint density at radius 1 is 1.26 bits per heavy atom. The Morgan fingerprint density at radius 2 is 1.95 bits per heavy atom. The Kier molecular flexibility index (Phi) is 4.53. The van der Waals surface area contributed by atoms with Crippen molar-refractivity contribution in [2.75, 3.05) is 43.9 Å². The molecule has 0 amide bonds. The van der Waals surface area contributed by atoms with Crippen LogP contribution in [0.15, 0.2) is 18.2 Å². The minimum Gasteiger partial charge on any atom is -0.497 e. The number of methoxy groups -OCH3 is 1. The molecule has 106 valence electrons. The van der Waals surface area contributed by atoms with Gasteiger partial charge in [-0.15, -0.1) is 0 Å². The van der Waals surface area contributed by atoms with E-state index < -0.39 is 0 Å². The molecule has 1 saturated heterocycles.